The maximum Gasteiger partial charge on any atom is 0.417 e. The molecule has 2 N–H and O–H groups in total. The fraction of sp³-hybridized carbons (Fsp3) is 0.600. The lowest BCUT2D eigenvalue weighted by Gasteiger charge is -2.17. The van der Waals surface area contributed by atoms with Crippen molar-refractivity contribution in [1.29, 1.82) is 0 Å². The molecule has 128 valence electrons. The highest BCUT2D eigenvalue weighted by molar-refractivity contribution is 8.01. The van der Waals surface area contributed by atoms with E-state index < -0.39 is 11.7 Å². The zero-order valence-electron chi connectivity index (χ0n) is 13.0. The molecule has 1 saturated carbocycles. The second-order valence-electron chi connectivity index (χ2n) is 5.86. The van der Waals surface area contributed by atoms with Crippen LogP contribution in [0.3, 0.4) is 0 Å². The van der Waals surface area contributed by atoms with E-state index in [0.29, 0.717) is 0 Å². The number of carbonyl (C=O) groups excluding carboxylic acids is 1. The fourth-order valence-corrected chi connectivity index (χ4v) is 2.90. The summed E-state index contributed by atoms with van der Waals surface area (Å²) < 4.78 is 41.5. The van der Waals surface area contributed by atoms with E-state index in [0.717, 1.165) is 37.9 Å². The van der Waals surface area contributed by atoms with Gasteiger partial charge in [0.2, 0.25) is 5.91 Å². The number of alkyl halides is 3. The summed E-state index contributed by atoms with van der Waals surface area (Å²) in [6.45, 7) is 3.89. The number of aromatic nitrogens is 1. The summed E-state index contributed by atoms with van der Waals surface area (Å²) in [5.41, 5.74) is -0.802. The van der Waals surface area contributed by atoms with Crippen molar-refractivity contribution in [3.63, 3.8) is 0 Å². The SMILES string of the molecule is CC(C)SNc1ncc(C(F)(F)F)cc1NC(=O)C1CCCC1. The molecule has 0 atom stereocenters. The molecule has 23 heavy (non-hydrogen) atoms. The second-order valence-corrected chi connectivity index (χ2v) is 7.24. The standard InChI is InChI=1S/C15H20F3N3OS/c1-9(2)23-21-13-12(7-11(8-19-13)15(16,17)18)20-14(22)10-5-3-4-6-10/h7-10H,3-6H2,1-2H3,(H,19,21)(H,20,22). The Bertz CT molecular complexity index is 557. The van der Waals surface area contributed by atoms with Crippen LogP contribution in [0.5, 0.6) is 0 Å². The number of amides is 1. The third kappa shape index (κ3) is 5.02. The van der Waals surface area contributed by atoms with Crippen LogP contribution in [0, 0.1) is 5.92 Å². The first-order valence-corrected chi connectivity index (χ1v) is 8.45. The number of hydrogen-bond acceptors (Lipinski definition) is 4. The Labute approximate surface area is 137 Å². The Hall–Kier alpha value is -1.44. The third-order valence-corrected chi connectivity index (χ3v) is 4.37. The van der Waals surface area contributed by atoms with Gasteiger partial charge >= 0.3 is 6.18 Å². The van der Waals surface area contributed by atoms with E-state index in [-0.39, 0.29) is 28.6 Å². The van der Waals surface area contributed by atoms with Crippen LogP contribution in [0.1, 0.15) is 45.1 Å². The van der Waals surface area contributed by atoms with Crippen LogP contribution in [0.25, 0.3) is 0 Å². The van der Waals surface area contributed by atoms with Crippen LogP contribution >= 0.6 is 11.9 Å². The fourth-order valence-electron chi connectivity index (χ4n) is 2.39. The first kappa shape index (κ1) is 17.9. The minimum Gasteiger partial charge on any atom is -0.323 e. The van der Waals surface area contributed by atoms with Crippen molar-refractivity contribution in [2.24, 2.45) is 5.92 Å². The highest BCUT2D eigenvalue weighted by Gasteiger charge is 2.32. The van der Waals surface area contributed by atoms with E-state index in [1.807, 2.05) is 13.8 Å². The van der Waals surface area contributed by atoms with Crippen molar-refractivity contribution in [3.05, 3.63) is 17.8 Å². The Balaban J connectivity index is 2.22. The lowest BCUT2D eigenvalue weighted by atomic mass is 10.1. The van der Waals surface area contributed by atoms with Gasteiger partial charge in [0.25, 0.3) is 0 Å². The molecule has 4 nitrogen and oxygen atoms in total. The molecule has 2 rings (SSSR count). The van der Waals surface area contributed by atoms with Gasteiger partial charge in [0.1, 0.15) is 0 Å². The largest absolute Gasteiger partial charge is 0.417 e. The van der Waals surface area contributed by atoms with Crippen LogP contribution in [-0.2, 0) is 11.0 Å². The van der Waals surface area contributed by atoms with Crippen molar-refractivity contribution in [2.45, 2.75) is 51.0 Å². The summed E-state index contributed by atoms with van der Waals surface area (Å²) in [7, 11) is 0. The molecule has 0 bridgehead atoms. The summed E-state index contributed by atoms with van der Waals surface area (Å²) in [4.78, 5) is 16.0. The van der Waals surface area contributed by atoms with Gasteiger partial charge in [-0.1, -0.05) is 26.7 Å². The zero-order valence-corrected chi connectivity index (χ0v) is 13.9. The molecule has 8 heteroatoms. The van der Waals surface area contributed by atoms with Crippen molar-refractivity contribution in [1.82, 2.24) is 4.98 Å². The average molecular weight is 347 g/mol. The normalized spacial score (nSPS) is 15.9. The molecule has 0 saturated heterocycles. The van der Waals surface area contributed by atoms with Crippen molar-refractivity contribution in [3.8, 4) is 0 Å². The third-order valence-electron chi connectivity index (χ3n) is 3.59. The quantitative estimate of drug-likeness (QED) is 0.758. The van der Waals surface area contributed by atoms with E-state index in [1.165, 1.54) is 11.9 Å². The topological polar surface area (TPSA) is 54.0 Å². The first-order valence-electron chi connectivity index (χ1n) is 7.57. The summed E-state index contributed by atoms with van der Waals surface area (Å²) in [6.07, 6.45) is -0.206. The van der Waals surface area contributed by atoms with Crippen molar-refractivity contribution in [2.75, 3.05) is 10.0 Å². The molecular formula is C15H20F3N3OS. The summed E-state index contributed by atoms with van der Waals surface area (Å²) >= 11 is 1.33. The first-order chi connectivity index (χ1) is 10.8. The molecular weight excluding hydrogens is 327 g/mol. The Morgan fingerprint density at radius 1 is 1.35 bits per heavy atom. The van der Waals surface area contributed by atoms with E-state index in [1.54, 1.807) is 0 Å². The van der Waals surface area contributed by atoms with E-state index >= 15 is 0 Å². The average Bonchev–Trinajstić information content (AvgIpc) is 2.99. The number of hydrogen-bond donors (Lipinski definition) is 2. The van der Waals surface area contributed by atoms with Crippen LogP contribution in [0.4, 0.5) is 24.7 Å². The van der Waals surface area contributed by atoms with Gasteiger partial charge in [0, 0.05) is 17.4 Å². The van der Waals surface area contributed by atoms with Gasteiger partial charge in [-0.05, 0) is 30.9 Å². The number of halogens is 3. The van der Waals surface area contributed by atoms with Crippen molar-refractivity contribution >= 4 is 29.4 Å². The summed E-state index contributed by atoms with van der Waals surface area (Å²) in [6, 6.07) is 0.934. The molecule has 0 radical (unpaired) electrons. The zero-order chi connectivity index (χ0) is 17.0. The molecule has 1 aromatic heterocycles. The number of pyridine rings is 1. The molecule has 1 aromatic rings. The molecule has 0 unspecified atom stereocenters. The Morgan fingerprint density at radius 3 is 2.57 bits per heavy atom. The van der Waals surface area contributed by atoms with Gasteiger partial charge in [-0.15, -0.1) is 0 Å². The van der Waals surface area contributed by atoms with Gasteiger partial charge in [-0.2, -0.15) is 13.2 Å². The highest BCUT2D eigenvalue weighted by atomic mass is 32.2. The predicted octanol–water partition coefficient (Wildman–Crippen LogP) is 4.70. The van der Waals surface area contributed by atoms with Crippen molar-refractivity contribution < 1.29 is 18.0 Å². The monoisotopic (exact) mass is 347 g/mol. The lowest BCUT2D eigenvalue weighted by molar-refractivity contribution is -0.137. The van der Waals surface area contributed by atoms with E-state index in [4.69, 9.17) is 0 Å². The number of nitrogens with zero attached hydrogens (tertiary/aromatic N) is 1. The number of anilines is 2. The maximum atomic E-state index is 12.9. The predicted molar refractivity (Wildman–Crippen MR) is 86.2 cm³/mol. The molecule has 1 amide bonds. The smallest absolute Gasteiger partial charge is 0.323 e. The Kier molecular flexibility index (Phi) is 5.78. The number of nitrogens with one attached hydrogen (secondary N) is 2. The summed E-state index contributed by atoms with van der Waals surface area (Å²) in [5.74, 6) is -0.126. The van der Waals surface area contributed by atoms with Crippen LogP contribution in [-0.4, -0.2) is 16.1 Å². The van der Waals surface area contributed by atoms with E-state index in [9.17, 15) is 18.0 Å². The molecule has 1 fully saturated rings. The second kappa shape index (κ2) is 7.42. The Morgan fingerprint density at radius 2 is 2.00 bits per heavy atom. The summed E-state index contributed by atoms with van der Waals surface area (Å²) in [5, 5.41) is 2.83. The molecule has 0 aromatic carbocycles. The van der Waals surface area contributed by atoms with Gasteiger partial charge in [0.05, 0.1) is 11.3 Å². The van der Waals surface area contributed by atoms with Gasteiger partial charge < -0.3 is 10.0 Å². The number of rotatable bonds is 5. The minimum absolute atomic E-state index is 0.0740. The van der Waals surface area contributed by atoms with Crippen LogP contribution < -0.4 is 10.0 Å². The molecule has 0 spiro atoms. The molecule has 1 aliphatic carbocycles. The maximum absolute atomic E-state index is 12.9. The molecule has 1 heterocycles. The lowest BCUT2D eigenvalue weighted by Crippen LogP contribution is -2.21. The van der Waals surface area contributed by atoms with Gasteiger partial charge in [0.15, 0.2) is 5.82 Å². The van der Waals surface area contributed by atoms with Crippen LogP contribution in [0.15, 0.2) is 12.3 Å². The highest BCUT2D eigenvalue weighted by Crippen LogP contribution is 2.34. The number of carbonyl (C=O) groups is 1. The molecule has 0 aliphatic heterocycles. The van der Waals surface area contributed by atoms with Crippen LogP contribution in [0.2, 0.25) is 0 Å². The van der Waals surface area contributed by atoms with E-state index in [2.05, 4.69) is 15.0 Å². The molecule has 1 aliphatic rings. The minimum atomic E-state index is -4.50. The van der Waals surface area contributed by atoms with Gasteiger partial charge in [-0.3, -0.25) is 4.79 Å². The van der Waals surface area contributed by atoms with Gasteiger partial charge in [-0.25, -0.2) is 4.98 Å².